The first-order valence-electron chi connectivity index (χ1n) is 23.6. The quantitative estimate of drug-likeness (QED) is 0.144. The topological polar surface area (TPSA) is 21.3 Å². The number of anilines is 3. The molecule has 0 bridgehead atoms. The van der Waals surface area contributed by atoms with Crippen LogP contribution in [0.2, 0.25) is 0 Å². The minimum absolute atomic E-state index is 0.882. The second kappa shape index (κ2) is 16.9. The molecule has 3 nitrogen and oxygen atoms in total. The fourth-order valence-electron chi connectivity index (χ4n) is 10.3. The third kappa shape index (κ3) is 7.16. The molecule has 0 amide bonds. The van der Waals surface area contributed by atoms with Crippen LogP contribution in [-0.4, -0.2) is 4.57 Å². The highest BCUT2D eigenvalue weighted by molar-refractivity contribution is 6.11. The smallest absolute Gasteiger partial charge is 0.143 e. The number of aromatic nitrogens is 1. The van der Waals surface area contributed by atoms with Gasteiger partial charge >= 0.3 is 0 Å². The van der Waals surface area contributed by atoms with Crippen LogP contribution in [0.4, 0.5) is 17.1 Å². The largest absolute Gasteiger partial charge is 0.455 e. The molecule has 69 heavy (non-hydrogen) atoms. The lowest BCUT2D eigenvalue weighted by Gasteiger charge is -2.28. The molecular formula is C66H44N2O. The molecule has 2 aromatic heterocycles. The Morgan fingerprint density at radius 3 is 1.38 bits per heavy atom. The summed E-state index contributed by atoms with van der Waals surface area (Å²) in [6.45, 7) is 0. The van der Waals surface area contributed by atoms with E-state index in [9.17, 15) is 0 Å². The molecule has 0 aliphatic rings. The predicted octanol–water partition coefficient (Wildman–Crippen LogP) is 18.5. The fourth-order valence-corrected chi connectivity index (χ4v) is 10.3. The molecule has 13 aromatic rings. The molecule has 0 unspecified atom stereocenters. The number of hydrogen-bond acceptors (Lipinski definition) is 2. The van der Waals surface area contributed by atoms with E-state index in [-0.39, 0.29) is 0 Å². The molecule has 0 aliphatic carbocycles. The zero-order chi connectivity index (χ0) is 45.7. The first kappa shape index (κ1) is 40.1. The van der Waals surface area contributed by atoms with Crippen LogP contribution >= 0.6 is 0 Å². The first-order chi connectivity index (χ1) is 34.2. The monoisotopic (exact) mass is 880 g/mol. The number of furan rings is 1. The lowest BCUT2D eigenvalue weighted by atomic mass is 9.98. The summed E-state index contributed by atoms with van der Waals surface area (Å²) in [4.78, 5) is 2.37. The van der Waals surface area contributed by atoms with Gasteiger partial charge in [-0.25, -0.2) is 0 Å². The average Bonchev–Trinajstić information content (AvgIpc) is 3.98. The highest BCUT2D eigenvalue weighted by Gasteiger charge is 2.19. The second-order valence-corrected chi connectivity index (χ2v) is 17.7. The molecule has 0 saturated heterocycles. The summed E-state index contributed by atoms with van der Waals surface area (Å²) < 4.78 is 9.01. The summed E-state index contributed by atoms with van der Waals surface area (Å²) in [5.41, 5.74) is 20.1. The summed E-state index contributed by atoms with van der Waals surface area (Å²) in [6, 6.07) is 95.9. The van der Waals surface area contributed by atoms with Gasteiger partial charge in [0.1, 0.15) is 11.2 Å². The zero-order valence-electron chi connectivity index (χ0n) is 37.7. The van der Waals surface area contributed by atoms with Crippen LogP contribution in [0, 0.1) is 0 Å². The molecule has 2 heterocycles. The molecule has 0 aliphatic heterocycles. The minimum atomic E-state index is 0.882. The van der Waals surface area contributed by atoms with Crippen molar-refractivity contribution in [1.82, 2.24) is 4.57 Å². The van der Waals surface area contributed by atoms with Crippen molar-refractivity contribution >= 4 is 60.8 Å². The van der Waals surface area contributed by atoms with Gasteiger partial charge in [-0.1, -0.05) is 200 Å². The lowest BCUT2D eigenvalue weighted by Crippen LogP contribution is -2.11. The maximum Gasteiger partial charge on any atom is 0.143 e. The van der Waals surface area contributed by atoms with Crippen molar-refractivity contribution in [3.63, 3.8) is 0 Å². The average molecular weight is 881 g/mol. The first-order valence-corrected chi connectivity index (χ1v) is 23.6. The standard InChI is InChI=1S/C66H44N2O/c1-3-15-49(16-4-1)56-21-7-10-26-62(56)67(54-40-35-48(36-41-54)52-37-42-60-61-25-14-24-57(50-17-5-2-6-18-50)66(61)69-65(60)44-52)53-38-33-46(34-39-53)45-29-31-47(32-30-45)51-19-13-20-55(43-51)68-63-27-11-8-22-58(63)59-23-9-12-28-64(59)68/h1-44H. The fraction of sp³-hybridized carbons (Fsp3) is 0. The molecule has 324 valence electrons. The van der Waals surface area contributed by atoms with Gasteiger partial charge < -0.3 is 13.9 Å². The second-order valence-electron chi connectivity index (χ2n) is 17.7. The van der Waals surface area contributed by atoms with Crippen LogP contribution < -0.4 is 4.90 Å². The normalized spacial score (nSPS) is 11.5. The van der Waals surface area contributed by atoms with Gasteiger partial charge in [-0.05, 0) is 111 Å². The van der Waals surface area contributed by atoms with Gasteiger partial charge in [-0.3, -0.25) is 0 Å². The van der Waals surface area contributed by atoms with Crippen LogP contribution in [0.1, 0.15) is 0 Å². The van der Waals surface area contributed by atoms with Gasteiger partial charge in [0.25, 0.3) is 0 Å². The number of rotatable bonds is 9. The third-order valence-corrected chi connectivity index (χ3v) is 13.6. The Morgan fingerprint density at radius 2 is 0.739 bits per heavy atom. The zero-order valence-corrected chi connectivity index (χ0v) is 37.7. The van der Waals surface area contributed by atoms with E-state index >= 15 is 0 Å². The van der Waals surface area contributed by atoms with Crippen molar-refractivity contribution in [2.75, 3.05) is 4.90 Å². The van der Waals surface area contributed by atoms with Crippen molar-refractivity contribution in [2.24, 2.45) is 0 Å². The van der Waals surface area contributed by atoms with E-state index in [1.165, 1.54) is 44.1 Å². The molecule has 0 saturated carbocycles. The molecular weight excluding hydrogens is 837 g/mol. The van der Waals surface area contributed by atoms with E-state index in [2.05, 4.69) is 270 Å². The van der Waals surface area contributed by atoms with Gasteiger partial charge in [0.2, 0.25) is 0 Å². The van der Waals surface area contributed by atoms with Crippen LogP contribution in [0.15, 0.2) is 271 Å². The van der Waals surface area contributed by atoms with Crippen molar-refractivity contribution in [3.8, 4) is 61.3 Å². The van der Waals surface area contributed by atoms with Crippen LogP contribution in [0.3, 0.4) is 0 Å². The number of para-hydroxylation sites is 4. The van der Waals surface area contributed by atoms with E-state index in [0.717, 1.165) is 78.1 Å². The van der Waals surface area contributed by atoms with Gasteiger partial charge in [-0.15, -0.1) is 0 Å². The van der Waals surface area contributed by atoms with Crippen LogP contribution in [0.5, 0.6) is 0 Å². The van der Waals surface area contributed by atoms with E-state index in [4.69, 9.17) is 4.42 Å². The maximum atomic E-state index is 6.63. The predicted molar refractivity (Wildman–Crippen MR) is 290 cm³/mol. The van der Waals surface area contributed by atoms with Gasteiger partial charge in [-0.2, -0.15) is 0 Å². The summed E-state index contributed by atoms with van der Waals surface area (Å²) in [7, 11) is 0. The third-order valence-electron chi connectivity index (χ3n) is 13.6. The molecule has 13 rings (SSSR count). The van der Waals surface area contributed by atoms with Gasteiger partial charge in [0.15, 0.2) is 0 Å². The summed E-state index contributed by atoms with van der Waals surface area (Å²) in [5.74, 6) is 0. The van der Waals surface area contributed by atoms with Crippen molar-refractivity contribution in [3.05, 3.63) is 267 Å². The summed E-state index contributed by atoms with van der Waals surface area (Å²) >= 11 is 0. The highest BCUT2D eigenvalue weighted by atomic mass is 16.3. The van der Waals surface area contributed by atoms with Crippen molar-refractivity contribution in [1.29, 1.82) is 0 Å². The van der Waals surface area contributed by atoms with E-state index in [0.29, 0.717) is 0 Å². The van der Waals surface area contributed by atoms with Crippen LogP contribution in [-0.2, 0) is 0 Å². The maximum absolute atomic E-state index is 6.63. The Hall–Kier alpha value is -9.18. The Kier molecular flexibility index (Phi) is 9.84. The Bertz CT molecular complexity index is 3930. The molecule has 3 heteroatoms. The number of benzene rings is 11. The van der Waals surface area contributed by atoms with E-state index in [1.54, 1.807) is 0 Å². The number of hydrogen-bond donors (Lipinski definition) is 0. The molecule has 11 aromatic carbocycles. The molecule has 0 spiro atoms. The van der Waals surface area contributed by atoms with Crippen molar-refractivity contribution < 1.29 is 4.42 Å². The Balaban J connectivity index is 0.825. The number of nitrogens with zero attached hydrogens (tertiary/aromatic N) is 2. The summed E-state index contributed by atoms with van der Waals surface area (Å²) in [6.07, 6.45) is 0. The molecule has 0 radical (unpaired) electrons. The minimum Gasteiger partial charge on any atom is -0.455 e. The highest BCUT2D eigenvalue weighted by Crippen LogP contribution is 2.43. The SMILES string of the molecule is c1ccc(-c2ccccc2N(c2ccc(-c3ccc(-c4cccc(-n5c6ccccc6c6ccccc65)c4)cc3)cc2)c2ccc(-c3ccc4c(c3)oc3c(-c5ccccc5)cccc34)cc2)cc1. The van der Waals surface area contributed by atoms with Crippen LogP contribution in [0.25, 0.3) is 105 Å². The van der Waals surface area contributed by atoms with Crippen molar-refractivity contribution in [2.45, 2.75) is 0 Å². The molecule has 0 N–H and O–H groups in total. The number of fused-ring (bicyclic) bond motifs is 6. The van der Waals surface area contributed by atoms with Gasteiger partial charge in [0.05, 0.1) is 16.7 Å². The summed E-state index contributed by atoms with van der Waals surface area (Å²) in [5, 5.41) is 4.78. The van der Waals surface area contributed by atoms with Gasteiger partial charge in [0, 0.05) is 49.7 Å². The van der Waals surface area contributed by atoms with E-state index in [1.807, 2.05) is 6.07 Å². The molecule has 0 atom stereocenters. The Labute approximate surface area is 401 Å². The molecule has 0 fully saturated rings. The lowest BCUT2D eigenvalue weighted by molar-refractivity contribution is 0.670. The van der Waals surface area contributed by atoms with E-state index < -0.39 is 0 Å². The Morgan fingerprint density at radius 1 is 0.290 bits per heavy atom.